The van der Waals surface area contributed by atoms with Crippen LogP contribution in [0.4, 0.5) is 0 Å². The minimum atomic E-state index is -0.189. The van der Waals surface area contributed by atoms with Crippen molar-refractivity contribution in [3.8, 4) is 0 Å². The minimum Gasteiger partial charge on any atom is -0.463 e. The maximum absolute atomic E-state index is 11.4. The van der Waals surface area contributed by atoms with Crippen molar-refractivity contribution in [3.05, 3.63) is 13.2 Å². The second kappa shape index (κ2) is 5.46. The molecule has 0 radical (unpaired) electrons. The van der Waals surface area contributed by atoms with Crippen LogP contribution in [-0.2, 0) is 23.1 Å². The summed E-state index contributed by atoms with van der Waals surface area (Å²) in [5.41, 5.74) is 0. The van der Waals surface area contributed by atoms with Crippen molar-refractivity contribution in [1.29, 1.82) is 0 Å². The van der Waals surface area contributed by atoms with Crippen molar-refractivity contribution in [2.75, 3.05) is 6.61 Å². The van der Waals surface area contributed by atoms with E-state index in [2.05, 4.69) is 49.7 Å². The molecule has 1 heterocycles. The zero-order valence-corrected chi connectivity index (χ0v) is 13.2. The zero-order valence-electron chi connectivity index (χ0n) is 8.88. The quantitative estimate of drug-likeness (QED) is 0.409. The number of hydrogen-bond acceptors (Lipinski definition) is 2. The van der Waals surface area contributed by atoms with E-state index in [-0.39, 0.29) is 12.5 Å². The molecule has 0 aromatic carbocycles. The molecule has 0 aliphatic rings. The Morgan fingerprint density at radius 3 is 2.53 bits per heavy atom. The lowest BCUT2D eigenvalue weighted by Crippen LogP contribution is -2.34. The number of hydrogen-bond donors (Lipinski definition) is 0. The van der Waals surface area contributed by atoms with E-state index in [1.54, 1.807) is 0 Å². The molecule has 1 aromatic rings. The molecule has 0 saturated carbocycles. The molecular formula is C9H13I2N2O2+. The van der Waals surface area contributed by atoms with Gasteiger partial charge in [-0.1, -0.05) is 0 Å². The van der Waals surface area contributed by atoms with Crippen molar-refractivity contribution in [1.82, 2.24) is 4.57 Å². The lowest BCUT2D eigenvalue weighted by Gasteiger charge is -2.00. The predicted molar refractivity (Wildman–Crippen MR) is 72.4 cm³/mol. The average Bonchev–Trinajstić information content (AvgIpc) is 2.36. The van der Waals surface area contributed by atoms with Gasteiger partial charge in [0.05, 0.1) is 13.7 Å². The molecule has 0 N–H and O–H groups in total. The van der Waals surface area contributed by atoms with Gasteiger partial charge in [0.25, 0.3) is 5.82 Å². The number of carbonyl (C=O) groups excluding carboxylic acids is 1. The molecule has 0 bridgehead atoms. The number of rotatable bonds is 3. The van der Waals surface area contributed by atoms with Gasteiger partial charge in [-0.25, -0.2) is 13.9 Å². The van der Waals surface area contributed by atoms with Gasteiger partial charge < -0.3 is 4.74 Å². The Labute approximate surface area is 116 Å². The monoisotopic (exact) mass is 435 g/mol. The molecule has 0 amide bonds. The fourth-order valence-corrected chi connectivity index (χ4v) is 2.76. The highest BCUT2D eigenvalue weighted by Gasteiger charge is 2.24. The third kappa shape index (κ3) is 2.83. The van der Waals surface area contributed by atoms with Crippen molar-refractivity contribution in [2.24, 2.45) is 7.05 Å². The van der Waals surface area contributed by atoms with Gasteiger partial charge in [0.2, 0.25) is 7.40 Å². The predicted octanol–water partition coefficient (Wildman–Crippen LogP) is 1.39. The van der Waals surface area contributed by atoms with Crippen molar-refractivity contribution in [3.63, 3.8) is 0 Å². The van der Waals surface area contributed by atoms with E-state index in [0.29, 0.717) is 6.61 Å². The second-order valence-electron chi connectivity index (χ2n) is 3.08. The van der Waals surface area contributed by atoms with E-state index in [9.17, 15) is 4.79 Å². The molecule has 1 aromatic heterocycles. The van der Waals surface area contributed by atoms with Crippen molar-refractivity contribution in [2.45, 2.75) is 20.4 Å². The number of imidazole rings is 1. The van der Waals surface area contributed by atoms with Gasteiger partial charge in [-0.3, -0.25) is 0 Å². The van der Waals surface area contributed by atoms with Gasteiger partial charge in [-0.05, 0) is 6.92 Å². The van der Waals surface area contributed by atoms with Crippen molar-refractivity contribution >= 4 is 51.2 Å². The van der Waals surface area contributed by atoms with Crippen LogP contribution >= 0.6 is 45.2 Å². The van der Waals surface area contributed by atoms with Gasteiger partial charge in [-0.2, -0.15) is 0 Å². The second-order valence-corrected chi connectivity index (χ2v) is 5.12. The Balaban J connectivity index is 2.95. The Morgan fingerprint density at radius 1 is 1.53 bits per heavy atom. The largest absolute Gasteiger partial charge is 0.463 e. The average molecular weight is 435 g/mol. The van der Waals surface area contributed by atoms with Crippen LogP contribution in [0, 0.1) is 14.3 Å². The minimum absolute atomic E-state index is 0.189. The van der Waals surface area contributed by atoms with E-state index in [1.807, 2.05) is 25.5 Å². The Morgan fingerprint density at radius 2 is 2.13 bits per heavy atom. The molecule has 15 heavy (non-hydrogen) atoms. The first-order valence-electron chi connectivity index (χ1n) is 4.54. The van der Waals surface area contributed by atoms with E-state index in [4.69, 9.17) is 4.74 Å². The third-order valence-corrected chi connectivity index (χ3v) is 5.53. The van der Waals surface area contributed by atoms with Gasteiger partial charge in [0.15, 0.2) is 6.54 Å². The van der Waals surface area contributed by atoms with Crippen molar-refractivity contribution < 1.29 is 14.1 Å². The summed E-state index contributed by atoms with van der Waals surface area (Å²) in [6, 6.07) is 0. The number of ether oxygens (including phenoxy) is 1. The summed E-state index contributed by atoms with van der Waals surface area (Å²) in [4.78, 5) is 11.4. The molecule has 6 heteroatoms. The fourth-order valence-electron chi connectivity index (χ4n) is 1.23. The van der Waals surface area contributed by atoms with Gasteiger partial charge >= 0.3 is 5.97 Å². The number of halogens is 2. The van der Waals surface area contributed by atoms with Crippen LogP contribution in [-0.4, -0.2) is 17.1 Å². The topological polar surface area (TPSA) is 35.1 Å². The normalized spacial score (nSPS) is 10.5. The number of aromatic nitrogens is 2. The summed E-state index contributed by atoms with van der Waals surface area (Å²) in [7, 11) is 1.99. The zero-order chi connectivity index (χ0) is 11.6. The molecule has 0 unspecified atom stereocenters. The van der Waals surface area contributed by atoms with Crippen LogP contribution in [0.15, 0.2) is 0 Å². The van der Waals surface area contributed by atoms with Gasteiger partial charge in [-0.15, -0.1) is 0 Å². The first-order chi connectivity index (χ1) is 6.99. The van der Waals surface area contributed by atoms with E-state index in [1.165, 1.54) is 0 Å². The summed E-state index contributed by atoms with van der Waals surface area (Å²) < 4.78 is 11.2. The third-order valence-electron chi connectivity index (χ3n) is 2.17. The van der Waals surface area contributed by atoms with Crippen LogP contribution in [0.1, 0.15) is 12.7 Å². The lowest BCUT2D eigenvalue weighted by molar-refractivity contribution is -0.689. The standard InChI is InChI=1S/C9H13I2N2O2/c1-4-15-7(14)5-13-6(2)12(3)8(10)9(13)11/h4-5H2,1-3H3/q+1. The Hall–Kier alpha value is 0.140. The van der Waals surface area contributed by atoms with Gasteiger partial charge in [0, 0.05) is 52.1 Å². The molecule has 0 aliphatic heterocycles. The van der Waals surface area contributed by atoms with Crippen LogP contribution < -0.4 is 4.57 Å². The highest BCUT2D eigenvalue weighted by molar-refractivity contribution is 14.1. The molecule has 1 rings (SSSR count). The maximum Gasteiger partial charge on any atom is 0.348 e. The van der Waals surface area contributed by atoms with Crippen LogP contribution in [0.2, 0.25) is 0 Å². The number of carbonyl (C=O) groups is 1. The number of esters is 1. The summed E-state index contributed by atoms with van der Waals surface area (Å²) in [6.45, 7) is 4.52. The molecule has 0 saturated heterocycles. The highest BCUT2D eigenvalue weighted by atomic mass is 127. The van der Waals surface area contributed by atoms with Gasteiger partial charge in [0.1, 0.15) is 0 Å². The summed E-state index contributed by atoms with van der Waals surface area (Å²) in [6.07, 6.45) is 0. The Bertz CT molecular complexity index is 362. The summed E-state index contributed by atoms with van der Waals surface area (Å²) >= 11 is 4.51. The number of nitrogens with zero attached hydrogens (tertiary/aromatic N) is 2. The highest BCUT2D eigenvalue weighted by Crippen LogP contribution is 2.14. The molecule has 4 nitrogen and oxygen atoms in total. The fraction of sp³-hybridized carbons (Fsp3) is 0.556. The molecular weight excluding hydrogens is 422 g/mol. The Kier molecular flexibility index (Phi) is 4.81. The van der Waals surface area contributed by atoms with E-state index < -0.39 is 0 Å². The molecule has 0 fully saturated rings. The van der Waals surface area contributed by atoms with Crippen LogP contribution in [0.3, 0.4) is 0 Å². The summed E-state index contributed by atoms with van der Waals surface area (Å²) in [5.74, 6) is 0.863. The smallest absolute Gasteiger partial charge is 0.348 e. The lowest BCUT2D eigenvalue weighted by atomic mass is 10.6. The molecule has 0 aliphatic carbocycles. The van der Waals surface area contributed by atoms with Crippen LogP contribution in [0.25, 0.3) is 0 Å². The summed E-state index contributed by atoms with van der Waals surface area (Å²) in [5, 5.41) is 0. The van der Waals surface area contributed by atoms with E-state index >= 15 is 0 Å². The SMILES string of the molecule is CCOC(=O)Cn1c(I)c(I)[n+](C)c1C. The van der Waals surface area contributed by atoms with Crippen LogP contribution in [0.5, 0.6) is 0 Å². The molecule has 0 atom stereocenters. The first kappa shape index (κ1) is 13.2. The molecule has 0 spiro atoms. The molecule has 84 valence electrons. The first-order valence-corrected chi connectivity index (χ1v) is 6.70. The maximum atomic E-state index is 11.4. The van der Waals surface area contributed by atoms with E-state index in [0.717, 1.165) is 13.2 Å².